The summed E-state index contributed by atoms with van der Waals surface area (Å²) in [6.07, 6.45) is -4.61. The second-order valence-electron chi connectivity index (χ2n) is 7.95. The number of carbonyl (C=O) groups excluding carboxylic acids is 1. The van der Waals surface area contributed by atoms with Crippen LogP contribution in [0.5, 0.6) is 5.75 Å². The van der Waals surface area contributed by atoms with Crippen molar-refractivity contribution in [2.45, 2.75) is 18.8 Å². The van der Waals surface area contributed by atoms with Crippen LogP contribution >= 0.6 is 12.2 Å². The van der Waals surface area contributed by atoms with Crippen LogP contribution in [0.1, 0.15) is 22.7 Å². The van der Waals surface area contributed by atoms with E-state index in [-0.39, 0.29) is 16.5 Å². The van der Waals surface area contributed by atoms with Gasteiger partial charge in [0.1, 0.15) is 18.3 Å². The van der Waals surface area contributed by atoms with Gasteiger partial charge in [-0.2, -0.15) is 13.2 Å². The summed E-state index contributed by atoms with van der Waals surface area (Å²) < 4.78 is 46.0. The standard InChI is InChI=1S/C26H22F3N3O2S/c1-16-22(24(33)31-21-10-6-5-9-20(21)26(27,28)29)23(32-25(35)30-16)18-11-13-19(14-12-18)34-15-17-7-3-2-4-8-17/h2-14,22-23H,1,15H2,(H,31,33)(H2,30,32,35)/t22-,23+/m1/s1. The fourth-order valence-electron chi connectivity index (χ4n) is 3.83. The fourth-order valence-corrected chi connectivity index (χ4v) is 4.09. The van der Waals surface area contributed by atoms with E-state index in [0.717, 1.165) is 11.6 Å². The maximum absolute atomic E-state index is 13.4. The third-order valence-corrected chi connectivity index (χ3v) is 5.75. The van der Waals surface area contributed by atoms with Gasteiger partial charge in [-0.1, -0.05) is 61.2 Å². The Labute approximate surface area is 206 Å². The number of halogens is 3. The number of nitrogens with one attached hydrogen (secondary N) is 3. The normalized spacial score (nSPS) is 17.8. The van der Waals surface area contributed by atoms with E-state index < -0.39 is 29.6 Å². The van der Waals surface area contributed by atoms with Crippen molar-refractivity contribution in [2.75, 3.05) is 5.32 Å². The van der Waals surface area contributed by atoms with Gasteiger partial charge >= 0.3 is 6.18 Å². The van der Waals surface area contributed by atoms with Crippen molar-refractivity contribution in [2.24, 2.45) is 5.92 Å². The molecular formula is C26H22F3N3O2S. The number of hydrogen-bond donors (Lipinski definition) is 3. The lowest BCUT2D eigenvalue weighted by Crippen LogP contribution is -2.51. The molecule has 1 saturated heterocycles. The Morgan fingerprint density at radius 1 is 1.00 bits per heavy atom. The van der Waals surface area contributed by atoms with E-state index in [4.69, 9.17) is 17.0 Å². The zero-order valence-corrected chi connectivity index (χ0v) is 19.2. The average molecular weight is 498 g/mol. The van der Waals surface area contributed by atoms with Crippen molar-refractivity contribution in [3.8, 4) is 5.75 Å². The van der Waals surface area contributed by atoms with Crippen molar-refractivity contribution in [3.05, 3.63) is 108 Å². The second-order valence-corrected chi connectivity index (χ2v) is 8.36. The Kier molecular flexibility index (Phi) is 7.07. The second kappa shape index (κ2) is 10.2. The number of amides is 1. The molecule has 0 aliphatic carbocycles. The number of carbonyl (C=O) groups is 1. The molecule has 1 heterocycles. The fraction of sp³-hybridized carbons (Fsp3) is 0.154. The van der Waals surface area contributed by atoms with Crippen LogP contribution in [0.15, 0.2) is 91.1 Å². The van der Waals surface area contributed by atoms with Gasteiger partial charge in [0.25, 0.3) is 0 Å². The molecule has 5 nitrogen and oxygen atoms in total. The van der Waals surface area contributed by atoms with E-state index in [1.54, 1.807) is 24.3 Å². The van der Waals surface area contributed by atoms with Gasteiger partial charge in [0.15, 0.2) is 5.11 Å². The number of anilines is 1. The van der Waals surface area contributed by atoms with E-state index in [0.29, 0.717) is 17.9 Å². The first-order valence-electron chi connectivity index (χ1n) is 10.7. The van der Waals surface area contributed by atoms with E-state index in [1.807, 2.05) is 30.3 Å². The average Bonchev–Trinajstić information content (AvgIpc) is 2.83. The highest BCUT2D eigenvalue weighted by Crippen LogP contribution is 2.36. The molecule has 35 heavy (non-hydrogen) atoms. The Morgan fingerprint density at radius 3 is 2.34 bits per heavy atom. The predicted molar refractivity (Wildman–Crippen MR) is 132 cm³/mol. The minimum atomic E-state index is -4.61. The van der Waals surface area contributed by atoms with Gasteiger partial charge < -0.3 is 20.7 Å². The van der Waals surface area contributed by atoms with Gasteiger partial charge in [0.05, 0.1) is 17.3 Å². The molecule has 180 valence electrons. The first kappa shape index (κ1) is 24.3. The summed E-state index contributed by atoms with van der Waals surface area (Å²) in [6.45, 7) is 4.29. The Hall–Kier alpha value is -3.85. The van der Waals surface area contributed by atoms with Crippen LogP contribution in [0.3, 0.4) is 0 Å². The lowest BCUT2D eigenvalue weighted by Gasteiger charge is -2.35. The summed E-state index contributed by atoms with van der Waals surface area (Å²) in [6, 6.07) is 21.0. The van der Waals surface area contributed by atoms with E-state index in [9.17, 15) is 18.0 Å². The van der Waals surface area contributed by atoms with Gasteiger partial charge in [-0.05, 0) is 47.6 Å². The molecule has 0 bridgehead atoms. The molecule has 0 aromatic heterocycles. The van der Waals surface area contributed by atoms with E-state index in [2.05, 4.69) is 22.5 Å². The zero-order chi connectivity index (χ0) is 25.0. The Bertz CT molecular complexity index is 1230. The molecule has 4 rings (SSSR count). The van der Waals surface area contributed by atoms with Crippen molar-refractivity contribution < 1.29 is 22.7 Å². The molecule has 1 aliphatic rings. The third-order valence-electron chi connectivity index (χ3n) is 5.53. The lowest BCUT2D eigenvalue weighted by molar-refractivity contribution is -0.137. The van der Waals surface area contributed by atoms with Gasteiger partial charge in [-0.25, -0.2) is 0 Å². The maximum atomic E-state index is 13.4. The molecule has 1 amide bonds. The smallest absolute Gasteiger partial charge is 0.418 e. The molecule has 0 spiro atoms. The van der Waals surface area contributed by atoms with Gasteiger partial charge in [0.2, 0.25) is 5.91 Å². The summed E-state index contributed by atoms with van der Waals surface area (Å²) in [5.41, 5.74) is 0.752. The molecule has 1 aliphatic heterocycles. The predicted octanol–water partition coefficient (Wildman–Crippen LogP) is 5.57. The number of thiocarbonyl (C=S) groups is 1. The number of ether oxygens (including phenoxy) is 1. The quantitative estimate of drug-likeness (QED) is 0.389. The van der Waals surface area contributed by atoms with Crippen LogP contribution in [0.4, 0.5) is 18.9 Å². The summed E-state index contributed by atoms with van der Waals surface area (Å²) in [4.78, 5) is 13.2. The van der Waals surface area contributed by atoms with Gasteiger partial charge in [0, 0.05) is 5.70 Å². The number of para-hydroxylation sites is 1. The minimum absolute atomic E-state index is 0.268. The van der Waals surface area contributed by atoms with Crippen LogP contribution in [0.2, 0.25) is 0 Å². The number of alkyl halides is 3. The van der Waals surface area contributed by atoms with Crippen LogP contribution in [0, 0.1) is 5.92 Å². The first-order valence-corrected chi connectivity index (χ1v) is 11.1. The van der Waals surface area contributed by atoms with Crippen molar-refractivity contribution in [1.82, 2.24) is 10.6 Å². The largest absolute Gasteiger partial charge is 0.489 e. The molecular weight excluding hydrogens is 475 g/mol. The van der Waals surface area contributed by atoms with Crippen LogP contribution in [-0.2, 0) is 17.6 Å². The van der Waals surface area contributed by atoms with E-state index >= 15 is 0 Å². The summed E-state index contributed by atoms with van der Waals surface area (Å²) in [7, 11) is 0. The Morgan fingerprint density at radius 2 is 1.66 bits per heavy atom. The minimum Gasteiger partial charge on any atom is -0.489 e. The summed E-state index contributed by atoms with van der Waals surface area (Å²) in [5.74, 6) is -0.948. The highest BCUT2D eigenvalue weighted by atomic mass is 32.1. The first-order chi connectivity index (χ1) is 16.7. The molecule has 3 N–H and O–H groups in total. The third kappa shape index (κ3) is 5.81. The van der Waals surface area contributed by atoms with Gasteiger partial charge in [-0.3, -0.25) is 4.79 Å². The molecule has 0 saturated carbocycles. The monoisotopic (exact) mass is 497 g/mol. The molecule has 3 aromatic carbocycles. The van der Waals surface area contributed by atoms with Crippen LogP contribution in [-0.4, -0.2) is 11.0 Å². The van der Waals surface area contributed by atoms with Crippen molar-refractivity contribution >= 4 is 28.9 Å². The van der Waals surface area contributed by atoms with Crippen LogP contribution < -0.4 is 20.7 Å². The molecule has 0 radical (unpaired) electrons. The van der Waals surface area contributed by atoms with Gasteiger partial charge in [-0.15, -0.1) is 0 Å². The molecule has 3 aromatic rings. The van der Waals surface area contributed by atoms with Crippen LogP contribution in [0.25, 0.3) is 0 Å². The molecule has 9 heteroatoms. The molecule has 1 fully saturated rings. The summed E-state index contributed by atoms with van der Waals surface area (Å²) >= 11 is 5.23. The van der Waals surface area contributed by atoms with Crippen molar-refractivity contribution in [1.29, 1.82) is 0 Å². The molecule has 2 atom stereocenters. The SMILES string of the molecule is C=C1NC(=S)N[C@@H](c2ccc(OCc3ccccc3)cc2)[C@@H]1C(=O)Nc1ccccc1C(F)(F)F. The number of hydrogen-bond acceptors (Lipinski definition) is 3. The number of benzene rings is 3. The van der Waals surface area contributed by atoms with E-state index in [1.165, 1.54) is 18.2 Å². The highest BCUT2D eigenvalue weighted by Gasteiger charge is 2.38. The number of rotatable bonds is 6. The zero-order valence-electron chi connectivity index (χ0n) is 18.4. The maximum Gasteiger partial charge on any atom is 0.418 e. The summed E-state index contributed by atoms with van der Waals surface area (Å²) in [5, 5.41) is 8.53. The van der Waals surface area contributed by atoms with Crippen molar-refractivity contribution in [3.63, 3.8) is 0 Å². The topological polar surface area (TPSA) is 62.4 Å². The molecule has 0 unspecified atom stereocenters. The highest BCUT2D eigenvalue weighted by molar-refractivity contribution is 7.80. The Balaban J connectivity index is 1.53. The lowest BCUT2D eigenvalue weighted by atomic mass is 9.88.